The van der Waals surface area contributed by atoms with Gasteiger partial charge in [0.1, 0.15) is 0 Å². The highest BCUT2D eigenvalue weighted by Gasteiger charge is 2.30. The topological polar surface area (TPSA) is 46.6 Å². The van der Waals surface area contributed by atoms with Crippen LogP contribution in [0.3, 0.4) is 0 Å². The van der Waals surface area contributed by atoms with Crippen molar-refractivity contribution < 1.29 is 23.1 Å². The van der Waals surface area contributed by atoms with Crippen LogP contribution in [-0.2, 0) is 16.0 Å². The molecule has 0 N–H and O–H groups in total. The van der Waals surface area contributed by atoms with E-state index >= 15 is 0 Å². The molecule has 2 aromatic carbocycles. The van der Waals surface area contributed by atoms with E-state index in [1.54, 1.807) is 17.0 Å². The Kier molecular flexibility index (Phi) is 5.56. The van der Waals surface area contributed by atoms with Crippen molar-refractivity contribution >= 4 is 29.3 Å². The molecule has 0 bridgehead atoms. The van der Waals surface area contributed by atoms with Gasteiger partial charge in [-0.2, -0.15) is 8.78 Å². The van der Waals surface area contributed by atoms with Gasteiger partial charge in [0.05, 0.1) is 5.56 Å². The molecule has 0 radical (unpaired) electrons. The number of fused-ring (bicyclic) bond motifs is 1. The maximum Gasteiger partial charge on any atom is 0.340 e. The lowest BCUT2D eigenvalue weighted by atomic mass is 10.2. The molecule has 136 valence electrons. The average Bonchev–Trinajstić information content (AvgIpc) is 3.05. The van der Waals surface area contributed by atoms with Gasteiger partial charge in [-0.25, -0.2) is 4.79 Å². The number of thioether (sulfide) groups is 1. The molecule has 0 saturated carbocycles. The predicted molar refractivity (Wildman–Crippen MR) is 95.7 cm³/mol. The molecule has 0 spiro atoms. The molecular formula is C19H17F2NO3S. The Hall–Kier alpha value is -2.41. The number of benzene rings is 2. The Balaban J connectivity index is 1.71. The second-order valence-electron chi connectivity index (χ2n) is 5.79. The van der Waals surface area contributed by atoms with Gasteiger partial charge in [-0.3, -0.25) is 4.79 Å². The van der Waals surface area contributed by atoms with Gasteiger partial charge < -0.3 is 9.64 Å². The molecule has 26 heavy (non-hydrogen) atoms. The molecule has 2 aromatic rings. The van der Waals surface area contributed by atoms with Crippen LogP contribution in [0, 0.1) is 0 Å². The number of ether oxygens (including phenoxy) is 1. The fraction of sp³-hybridized carbons (Fsp3) is 0.263. The van der Waals surface area contributed by atoms with Crippen LogP contribution in [0.4, 0.5) is 14.5 Å². The largest absolute Gasteiger partial charge is 0.449 e. The highest BCUT2D eigenvalue weighted by Crippen LogP contribution is 2.30. The molecule has 0 fully saturated rings. The van der Waals surface area contributed by atoms with E-state index < -0.39 is 17.8 Å². The molecule has 1 atom stereocenters. The van der Waals surface area contributed by atoms with E-state index in [1.165, 1.54) is 19.1 Å². The van der Waals surface area contributed by atoms with Crippen LogP contribution in [0.25, 0.3) is 0 Å². The van der Waals surface area contributed by atoms with Crippen LogP contribution in [0.15, 0.2) is 53.4 Å². The molecule has 1 aliphatic rings. The summed E-state index contributed by atoms with van der Waals surface area (Å²) in [5, 5.41) is 0. The number of para-hydroxylation sites is 1. The van der Waals surface area contributed by atoms with Crippen molar-refractivity contribution in [1.29, 1.82) is 0 Å². The van der Waals surface area contributed by atoms with E-state index in [1.807, 2.05) is 24.3 Å². The predicted octanol–water partition coefficient (Wildman–Crippen LogP) is 4.14. The lowest BCUT2D eigenvalue weighted by Gasteiger charge is -2.22. The van der Waals surface area contributed by atoms with Gasteiger partial charge in [-0.05, 0) is 37.1 Å². The van der Waals surface area contributed by atoms with Gasteiger partial charge in [0, 0.05) is 17.1 Å². The number of rotatable bonds is 5. The fourth-order valence-electron chi connectivity index (χ4n) is 2.90. The van der Waals surface area contributed by atoms with Gasteiger partial charge in [0.15, 0.2) is 6.10 Å². The van der Waals surface area contributed by atoms with Gasteiger partial charge in [-0.1, -0.05) is 42.1 Å². The Bertz CT molecular complexity index is 828. The third kappa shape index (κ3) is 3.88. The van der Waals surface area contributed by atoms with Gasteiger partial charge in [0.25, 0.3) is 11.7 Å². The third-order valence-electron chi connectivity index (χ3n) is 4.11. The first-order valence-electron chi connectivity index (χ1n) is 8.11. The van der Waals surface area contributed by atoms with Crippen molar-refractivity contribution in [2.24, 2.45) is 0 Å². The summed E-state index contributed by atoms with van der Waals surface area (Å²) in [6, 6.07) is 13.5. The number of esters is 1. The maximum absolute atomic E-state index is 12.7. The summed E-state index contributed by atoms with van der Waals surface area (Å²) < 4.78 is 30.6. The fourth-order valence-corrected chi connectivity index (χ4v) is 3.52. The summed E-state index contributed by atoms with van der Waals surface area (Å²) in [6.07, 6.45) is -0.269. The smallest absolute Gasteiger partial charge is 0.340 e. The number of hydrogen-bond donors (Lipinski definition) is 0. The van der Waals surface area contributed by atoms with Crippen LogP contribution >= 0.6 is 11.8 Å². The molecule has 0 saturated heterocycles. The number of anilines is 1. The molecular weight excluding hydrogens is 360 g/mol. The van der Waals surface area contributed by atoms with Crippen molar-refractivity contribution in [1.82, 2.24) is 0 Å². The van der Waals surface area contributed by atoms with Crippen molar-refractivity contribution in [3.05, 3.63) is 59.7 Å². The summed E-state index contributed by atoms with van der Waals surface area (Å²) >= 11 is 0.275. The standard InChI is InChI=1S/C19H17F2NO3S/c1-12(17(23)22-11-10-13-6-2-4-8-15(13)22)25-18(24)14-7-3-5-9-16(14)26-19(20)21/h2-9,12,19H,10-11H2,1H3/t12-/m1/s1. The van der Waals surface area contributed by atoms with Crippen LogP contribution < -0.4 is 4.90 Å². The lowest BCUT2D eigenvalue weighted by molar-refractivity contribution is -0.126. The van der Waals surface area contributed by atoms with Crippen molar-refractivity contribution in [3.63, 3.8) is 0 Å². The molecule has 1 amide bonds. The van der Waals surface area contributed by atoms with E-state index in [2.05, 4.69) is 0 Å². The highest BCUT2D eigenvalue weighted by molar-refractivity contribution is 7.99. The van der Waals surface area contributed by atoms with Gasteiger partial charge in [-0.15, -0.1) is 0 Å². The maximum atomic E-state index is 12.7. The summed E-state index contributed by atoms with van der Waals surface area (Å²) in [6.45, 7) is 2.02. The number of carbonyl (C=O) groups excluding carboxylic acids is 2. The van der Waals surface area contributed by atoms with Gasteiger partial charge in [0.2, 0.25) is 0 Å². The number of amides is 1. The minimum absolute atomic E-state index is 0.0271. The number of carbonyl (C=O) groups is 2. The number of nitrogens with zero attached hydrogens (tertiary/aromatic N) is 1. The van der Waals surface area contributed by atoms with Crippen LogP contribution in [0.2, 0.25) is 0 Å². The first kappa shape index (κ1) is 18.4. The van der Waals surface area contributed by atoms with Crippen LogP contribution in [-0.4, -0.2) is 30.3 Å². The molecule has 0 aliphatic carbocycles. The minimum Gasteiger partial charge on any atom is -0.449 e. The molecule has 0 aromatic heterocycles. The molecule has 3 rings (SSSR count). The lowest BCUT2D eigenvalue weighted by Crippen LogP contribution is -2.39. The normalized spacial score (nSPS) is 14.2. The van der Waals surface area contributed by atoms with E-state index in [0.29, 0.717) is 6.54 Å². The van der Waals surface area contributed by atoms with Crippen molar-refractivity contribution in [2.45, 2.75) is 30.1 Å². The first-order valence-corrected chi connectivity index (χ1v) is 8.99. The van der Waals surface area contributed by atoms with E-state index in [9.17, 15) is 18.4 Å². The molecule has 7 heteroatoms. The summed E-state index contributed by atoms with van der Waals surface area (Å²) in [7, 11) is 0. The van der Waals surface area contributed by atoms with E-state index in [0.717, 1.165) is 17.7 Å². The van der Waals surface area contributed by atoms with E-state index in [-0.39, 0.29) is 28.1 Å². The van der Waals surface area contributed by atoms with Gasteiger partial charge >= 0.3 is 5.97 Å². The number of alkyl halides is 2. The first-order chi connectivity index (χ1) is 12.5. The Morgan fingerprint density at radius 3 is 2.58 bits per heavy atom. The number of halogens is 2. The summed E-state index contributed by atoms with van der Waals surface area (Å²) in [5.41, 5.74) is 1.91. The van der Waals surface area contributed by atoms with Crippen molar-refractivity contribution in [3.8, 4) is 0 Å². The van der Waals surface area contributed by atoms with E-state index in [4.69, 9.17) is 4.74 Å². The summed E-state index contributed by atoms with van der Waals surface area (Å²) in [4.78, 5) is 26.7. The van der Waals surface area contributed by atoms with Crippen molar-refractivity contribution in [2.75, 3.05) is 11.4 Å². The Morgan fingerprint density at radius 2 is 1.81 bits per heavy atom. The molecule has 4 nitrogen and oxygen atoms in total. The van der Waals surface area contributed by atoms with Crippen LogP contribution in [0.5, 0.6) is 0 Å². The second-order valence-corrected chi connectivity index (χ2v) is 6.82. The quantitative estimate of drug-likeness (QED) is 0.581. The average molecular weight is 377 g/mol. The zero-order valence-corrected chi connectivity index (χ0v) is 14.8. The SMILES string of the molecule is C[C@@H](OC(=O)c1ccccc1SC(F)F)C(=O)N1CCc2ccccc21. The zero-order chi connectivity index (χ0) is 18.7. The molecule has 1 heterocycles. The molecule has 0 unspecified atom stereocenters. The summed E-state index contributed by atoms with van der Waals surface area (Å²) in [5.74, 6) is -3.77. The highest BCUT2D eigenvalue weighted by atomic mass is 32.2. The minimum atomic E-state index is -2.65. The third-order valence-corrected chi connectivity index (χ3v) is 4.90. The Labute approximate surface area is 154 Å². The second kappa shape index (κ2) is 7.86. The van der Waals surface area contributed by atoms with Crippen LogP contribution in [0.1, 0.15) is 22.8 Å². The zero-order valence-electron chi connectivity index (χ0n) is 14.0. The number of hydrogen-bond acceptors (Lipinski definition) is 4. The monoisotopic (exact) mass is 377 g/mol. The molecule has 1 aliphatic heterocycles. The Morgan fingerprint density at radius 1 is 1.12 bits per heavy atom.